The second-order valence-electron chi connectivity index (χ2n) is 8.56. The van der Waals surface area contributed by atoms with E-state index in [4.69, 9.17) is 5.11 Å². The number of alkyl halides is 14. The van der Waals surface area contributed by atoms with E-state index in [1.807, 2.05) is 0 Å². The normalized spacial score (nSPS) is 16.2. The van der Waals surface area contributed by atoms with Crippen LogP contribution in [0, 0.1) is 0 Å². The molecule has 2 N–H and O–H groups in total. The van der Waals surface area contributed by atoms with Gasteiger partial charge in [0.15, 0.2) is 0 Å². The molecule has 3 rings (SSSR count). The second kappa shape index (κ2) is 8.96. The smallest absolute Gasteiger partial charge is 0.460 e. The van der Waals surface area contributed by atoms with Crippen molar-refractivity contribution in [2.24, 2.45) is 0 Å². The van der Waals surface area contributed by atoms with Crippen molar-refractivity contribution in [3.05, 3.63) is 58.7 Å². The molecule has 0 saturated carbocycles. The number of hydrogen-bond acceptors (Lipinski definition) is 2. The van der Waals surface area contributed by atoms with Crippen molar-refractivity contribution in [1.29, 1.82) is 0 Å². The maximum Gasteiger partial charge on any atom is 0.460 e. The minimum atomic E-state index is -6.72. The topological polar surface area (TPSA) is 49.3 Å². The van der Waals surface area contributed by atoms with Crippen LogP contribution in [0.25, 0.3) is 11.1 Å². The van der Waals surface area contributed by atoms with Crippen LogP contribution in [-0.2, 0) is 16.6 Å². The van der Waals surface area contributed by atoms with Crippen LogP contribution in [0.2, 0.25) is 0 Å². The molecule has 0 aromatic heterocycles. The Morgan fingerprint density at radius 2 is 1.03 bits per heavy atom. The minimum Gasteiger partial charge on any atom is -0.480 e. The zero-order valence-corrected chi connectivity index (χ0v) is 18.8. The predicted molar refractivity (Wildman–Crippen MR) is 104 cm³/mol. The first-order valence-corrected chi connectivity index (χ1v) is 10.3. The van der Waals surface area contributed by atoms with Crippen LogP contribution >= 0.6 is 0 Å². The summed E-state index contributed by atoms with van der Waals surface area (Å²) in [7, 11) is 0. The van der Waals surface area contributed by atoms with Gasteiger partial charge < -0.3 is 5.11 Å². The highest BCUT2D eigenvalue weighted by Crippen LogP contribution is 2.55. The van der Waals surface area contributed by atoms with Crippen molar-refractivity contribution in [2.45, 2.75) is 55.1 Å². The largest absolute Gasteiger partial charge is 0.480 e. The van der Waals surface area contributed by atoms with Crippen LogP contribution < -0.4 is 5.32 Å². The molecule has 2 aromatic rings. The number of carboxylic acid groups (broad SMARTS) is 1. The lowest BCUT2D eigenvalue weighted by Crippen LogP contribution is -2.50. The van der Waals surface area contributed by atoms with Gasteiger partial charge in [0.25, 0.3) is 0 Å². The van der Waals surface area contributed by atoms with Crippen LogP contribution in [0.5, 0.6) is 0 Å². The van der Waals surface area contributed by atoms with E-state index in [-0.39, 0.29) is 35.4 Å². The molecule has 1 atom stereocenters. The molecule has 1 aliphatic carbocycles. The molecule has 216 valence electrons. The summed E-state index contributed by atoms with van der Waals surface area (Å²) >= 11 is 0. The van der Waals surface area contributed by atoms with Gasteiger partial charge in [0.1, 0.15) is 6.04 Å². The molecule has 0 spiro atoms. The fourth-order valence-electron chi connectivity index (χ4n) is 3.87. The molecule has 39 heavy (non-hydrogen) atoms. The van der Waals surface area contributed by atoms with Crippen molar-refractivity contribution in [3.8, 4) is 11.1 Å². The molecular weight excluding hydrogens is 576 g/mol. The van der Waals surface area contributed by atoms with Crippen LogP contribution in [-0.4, -0.2) is 41.3 Å². The van der Waals surface area contributed by atoms with Gasteiger partial charge in [-0.3, -0.25) is 10.1 Å². The second-order valence-corrected chi connectivity index (χ2v) is 8.56. The van der Waals surface area contributed by atoms with Gasteiger partial charge in [-0.25, -0.2) is 0 Å². The molecule has 0 unspecified atom stereocenters. The molecule has 2 aromatic carbocycles. The third-order valence-electron chi connectivity index (χ3n) is 6.03. The lowest BCUT2D eigenvalue weighted by molar-refractivity contribution is -0.359. The predicted octanol–water partition coefficient (Wildman–Crippen LogP) is 7.40. The highest BCUT2D eigenvalue weighted by molar-refractivity contribution is 5.80. The Labute approximate surface area is 208 Å². The number of aliphatic carboxylic acids is 1. The maximum atomic E-state index is 14.3. The van der Waals surface area contributed by atoms with Gasteiger partial charge in [0.05, 0.1) is 6.04 Å². The van der Waals surface area contributed by atoms with Crippen LogP contribution in [0.4, 0.5) is 61.5 Å². The Balaban J connectivity index is 2.23. The van der Waals surface area contributed by atoms with E-state index >= 15 is 0 Å². The average Bonchev–Trinajstić information content (AvgIpc) is 3.09. The van der Waals surface area contributed by atoms with Gasteiger partial charge in [0, 0.05) is 11.1 Å². The van der Waals surface area contributed by atoms with E-state index in [1.54, 1.807) is 0 Å². The number of carbonyl (C=O) groups is 1. The van der Waals surface area contributed by atoms with Crippen LogP contribution in [0.1, 0.15) is 35.2 Å². The minimum absolute atomic E-state index is 0.101. The molecule has 0 aliphatic heterocycles. The molecule has 0 fully saturated rings. The molecule has 0 saturated heterocycles. The summed E-state index contributed by atoms with van der Waals surface area (Å²) in [5, 5.41) is 11.3. The Hall–Kier alpha value is -3.11. The number of rotatable bonds is 7. The third-order valence-corrected chi connectivity index (χ3v) is 6.03. The monoisotopic (exact) mass is 589 g/mol. The van der Waals surface area contributed by atoms with Crippen molar-refractivity contribution < 1.29 is 71.4 Å². The summed E-state index contributed by atoms with van der Waals surface area (Å²) < 4.78 is 188. The van der Waals surface area contributed by atoms with Gasteiger partial charge in [-0.05, 0) is 41.3 Å². The summed E-state index contributed by atoms with van der Waals surface area (Å²) in [5.74, 6) is -26.7. The summed E-state index contributed by atoms with van der Waals surface area (Å²) in [5.41, 5.74) is -5.80. The molecule has 3 nitrogen and oxygen atoms in total. The zero-order valence-electron chi connectivity index (χ0n) is 18.8. The summed E-state index contributed by atoms with van der Waals surface area (Å²) in [6, 6.07) is -1.97. The van der Waals surface area contributed by atoms with Crippen molar-refractivity contribution in [3.63, 3.8) is 0 Å². The standard InChI is InChI=1S/C22H13F14NO2/c1-8(16(38)39)37-15-13-6-9(17(23,24)19(27,28)21(31,32)33)2-4-11(13)12-5-3-10(7-14(12)15)18(25,26)20(29,30)22(34,35)36/h2-8,15,37H,1H3,(H,38,39)/t8-/m0/s1. The van der Waals surface area contributed by atoms with Gasteiger partial charge in [0.2, 0.25) is 0 Å². The maximum absolute atomic E-state index is 14.3. The Bertz CT molecular complexity index is 1190. The van der Waals surface area contributed by atoms with E-state index in [9.17, 15) is 66.3 Å². The number of benzene rings is 2. The lowest BCUT2D eigenvalue weighted by atomic mass is 9.95. The number of fused-ring (bicyclic) bond motifs is 3. The first kappa shape index (κ1) is 30.4. The van der Waals surface area contributed by atoms with Crippen LogP contribution in [0.15, 0.2) is 36.4 Å². The SMILES string of the molecule is C[C@H](NC1c2cc(C(F)(F)C(F)(F)C(F)(F)F)ccc2-c2ccc(C(F)(F)C(F)(F)C(F)(F)F)cc21)C(=O)O. The molecule has 0 radical (unpaired) electrons. The van der Waals surface area contributed by atoms with Crippen molar-refractivity contribution in [2.75, 3.05) is 0 Å². The van der Waals surface area contributed by atoms with Crippen molar-refractivity contribution >= 4 is 5.97 Å². The summed E-state index contributed by atoms with van der Waals surface area (Å²) in [6.07, 6.45) is -13.4. The first-order chi connectivity index (χ1) is 17.4. The third kappa shape index (κ3) is 4.57. The van der Waals surface area contributed by atoms with Gasteiger partial charge in [-0.1, -0.05) is 24.3 Å². The quantitative estimate of drug-likeness (QED) is 0.331. The summed E-state index contributed by atoms with van der Waals surface area (Å²) in [4.78, 5) is 11.3. The molecule has 1 aliphatic rings. The fraction of sp³-hybridized carbons (Fsp3) is 0.409. The Morgan fingerprint density at radius 1 is 0.692 bits per heavy atom. The van der Waals surface area contributed by atoms with Gasteiger partial charge in [-0.15, -0.1) is 0 Å². The lowest BCUT2D eigenvalue weighted by Gasteiger charge is -2.29. The summed E-state index contributed by atoms with van der Waals surface area (Å²) in [6.45, 7) is 0.909. The molecular formula is C22H13F14NO2. The zero-order chi connectivity index (χ0) is 30.1. The number of hydrogen-bond donors (Lipinski definition) is 2. The van der Waals surface area contributed by atoms with Gasteiger partial charge >= 0.3 is 42.0 Å². The highest BCUT2D eigenvalue weighted by atomic mass is 19.4. The number of nitrogens with one attached hydrogen (secondary N) is 1. The van der Waals surface area contributed by atoms with E-state index in [0.29, 0.717) is 12.1 Å². The first-order valence-electron chi connectivity index (χ1n) is 10.3. The number of halogens is 14. The van der Waals surface area contributed by atoms with Crippen LogP contribution in [0.3, 0.4) is 0 Å². The van der Waals surface area contributed by atoms with E-state index in [1.165, 1.54) is 0 Å². The van der Waals surface area contributed by atoms with E-state index < -0.39 is 76.3 Å². The molecule has 17 heteroatoms. The Kier molecular flexibility index (Phi) is 6.99. The van der Waals surface area contributed by atoms with E-state index in [0.717, 1.165) is 6.92 Å². The average molecular weight is 589 g/mol. The van der Waals surface area contributed by atoms with Crippen molar-refractivity contribution in [1.82, 2.24) is 5.32 Å². The van der Waals surface area contributed by atoms with Gasteiger partial charge in [-0.2, -0.15) is 61.5 Å². The highest BCUT2D eigenvalue weighted by Gasteiger charge is 2.74. The molecule has 0 bridgehead atoms. The fourth-order valence-corrected chi connectivity index (χ4v) is 3.87. The Morgan fingerprint density at radius 3 is 1.31 bits per heavy atom. The molecule has 0 heterocycles. The number of carboxylic acids is 1. The van der Waals surface area contributed by atoms with E-state index in [2.05, 4.69) is 5.32 Å². The molecule has 0 amide bonds.